The van der Waals surface area contributed by atoms with Gasteiger partial charge in [-0.1, -0.05) is 6.92 Å². The van der Waals surface area contributed by atoms with Gasteiger partial charge in [0.2, 0.25) is 0 Å². The van der Waals surface area contributed by atoms with Gasteiger partial charge in [-0.2, -0.15) is 12.7 Å². The summed E-state index contributed by atoms with van der Waals surface area (Å²) in [6.07, 6.45) is 1.58. The molecular formula is C13H27N3O4S. The van der Waals surface area contributed by atoms with Crippen molar-refractivity contribution in [1.82, 2.24) is 14.3 Å². The third kappa shape index (κ3) is 6.62. The first-order valence-corrected chi connectivity index (χ1v) is 8.98. The van der Waals surface area contributed by atoms with Crippen LogP contribution in [-0.4, -0.2) is 51.1 Å². The van der Waals surface area contributed by atoms with Crippen LogP contribution in [0.5, 0.6) is 0 Å². The van der Waals surface area contributed by atoms with Gasteiger partial charge in [-0.25, -0.2) is 9.52 Å². The number of nitrogens with one attached hydrogen (secondary N) is 2. The van der Waals surface area contributed by atoms with Gasteiger partial charge in [-0.05, 0) is 52.1 Å². The van der Waals surface area contributed by atoms with Crippen LogP contribution in [-0.2, 0) is 14.9 Å². The Labute approximate surface area is 127 Å². The molecule has 0 aromatic carbocycles. The third-order valence-corrected chi connectivity index (χ3v) is 4.67. The Kier molecular flexibility index (Phi) is 7.41. The summed E-state index contributed by atoms with van der Waals surface area (Å²) in [5, 5.41) is 3.31. The largest absolute Gasteiger partial charge is 0.446 e. The van der Waals surface area contributed by atoms with Crippen LogP contribution in [0, 0.1) is 5.92 Å². The Hall–Kier alpha value is -0.860. The highest BCUT2D eigenvalue weighted by Crippen LogP contribution is 2.18. The molecule has 0 aliphatic carbocycles. The van der Waals surface area contributed by atoms with E-state index in [2.05, 4.69) is 12.2 Å². The average molecular weight is 321 g/mol. The molecule has 1 aliphatic rings. The van der Waals surface area contributed by atoms with E-state index in [1.807, 2.05) is 4.72 Å². The number of amides is 1. The van der Waals surface area contributed by atoms with Crippen molar-refractivity contribution in [1.29, 1.82) is 0 Å². The predicted octanol–water partition coefficient (Wildman–Crippen LogP) is 1.08. The molecular weight excluding hydrogens is 294 g/mol. The summed E-state index contributed by atoms with van der Waals surface area (Å²) in [4.78, 5) is 11.5. The minimum atomic E-state index is -3.81. The maximum Gasteiger partial charge on any atom is 0.422 e. The molecule has 21 heavy (non-hydrogen) atoms. The van der Waals surface area contributed by atoms with E-state index in [9.17, 15) is 13.2 Å². The van der Waals surface area contributed by atoms with Crippen LogP contribution in [0.25, 0.3) is 0 Å². The lowest BCUT2D eigenvalue weighted by molar-refractivity contribution is 0.120. The van der Waals surface area contributed by atoms with Crippen molar-refractivity contribution in [2.75, 3.05) is 26.2 Å². The molecule has 0 aromatic rings. The minimum absolute atomic E-state index is 0.281. The summed E-state index contributed by atoms with van der Waals surface area (Å²) in [5.74, 6) is 0.281. The fourth-order valence-corrected chi connectivity index (χ4v) is 3.47. The Balaban J connectivity index is 2.51. The Morgan fingerprint density at radius 1 is 1.43 bits per heavy atom. The van der Waals surface area contributed by atoms with Gasteiger partial charge in [-0.3, -0.25) is 0 Å². The van der Waals surface area contributed by atoms with Gasteiger partial charge >= 0.3 is 16.3 Å². The molecule has 0 radical (unpaired) electrons. The molecule has 2 N–H and O–H groups in total. The second-order valence-corrected chi connectivity index (χ2v) is 7.30. The van der Waals surface area contributed by atoms with E-state index in [-0.39, 0.29) is 12.0 Å². The summed E-state index contributed by atoms with van der Waals surface area (Å²) in [7, 11) is -3.81. The quantitative estimate of drug-likeness (QED) is 0.685. The van der Waals surface area contributed by atoms with Crippen molar-refractivity contribution in [3.8, 4) is 0 Å². The van der Waals surface area contributed by atoms with E-state index in [1.165, 1.54) is 4.31 Å². The lowest BCUT2D eigenvalue weighted by atomic mass is 10.00. The fourth-order valence-electron chi connectivity index (χ4n) is 2.30. The molecule has 0 saturated carbocycles. The van der Waals surface area contributed by atoms with Crippen LogP contribution in [0.15, 0.2) is 0 Å². The van der Waals surface area contributed by atoms with Gasteiger partial charge in [0.25, 0.3) is 0 Å². The topological polar surface area (TPSA) is 87.7 Å². The molecule has 7 nitrogen and oxygen atoms in total. The van der Waals surface area contributed by atoms with Gasteiger partial charge in [0.15, 0.2) is 0 Å². The molecule has 1 aliphatic heterocycles. The average Bonchev–Trinajstić information content (AvgIpc) is 2.37. The molecule has 0 bridgehead atoms. The van der Waals surface area contributed by atoms with Crippen LogP contribution in [0.2, 0.25) is 0 Å². The normalized spacial score (nSPS) is 20.5. The molecule has 1 unspecified atom stereocenters. The van der Waals surface area contributed by atoms with E-state index in [0.29, 0.717) is 13.1 Å². The van der Waals surface area contributed by atoms with Crippen molar-refractivity contribution in [3.05, 3.63) is 0 Å². The maximum atomic E-state index is 12.1. The van der Waals surface area contributed by atoms with E-state index >= 15 is 0 Å². The molecule has 0 spiro atoms. The summed E-state index contributed by atoms with van der Waals surface area (Å²) in [6, 6.07) is 0. The lowest BCUT2D eigenvalue weighted by Gasteiger charge is -2.31. The standard InChI is InChI=1S/C13H27N3O4S/c1-4-7-14-9-12-6-5-8-16(10-12)21(18,19)15-13(17)20-11(2)3/h11-12,14H,4-10H2,1-3H3,(H,15,17). The zero-order chi connectivity index (χ0) is 15.9. The Morgan fingerprint density at radius 3 is 2.76 bits per heavy atom. The van der Waals surface area contributed by atoms with Crippen LogP contribution in [0.3, 0.4) is 0 Å². The van der Waals surface area contributed by atoms with Crippen molar-refractivity contribution >= 4 is 16.3 Å². The number of carbonyl (C=O) groups is 1. The zero-order valence-corrected chi connectivity index (χ0v) is 13.9. The number of carbonyl (C=O) groups excluding carboxylic acids is 1. The SMILES string of the molecule is CCCNCC1CCCN(S(=O)(=O)NC(=O)OC(C)C)C1. The first kappa shape index (κ1) is 18.2. The highest BCUT2D eigenvalue weighted by molar-refractivity contribution is 7.87. The van der Waals surface area contributed by atoms with E-state index in [4.69, 9.17) is 4.74 Å². The smallest absolute Gasteiger partial charge is 0.422 e. The highest BCUT2D eigenvalue weighted by atomic mass is 32.2. The van der Waals surface area contributed by atoms with Crippen molar-refractivity contribution in [2.24, 2.45) is 5.92 Å². The highest BCUT2D eigenvalue weighted by Gasteiger charge is 2.30. The monoisotopic (exact) mass is 321 g/mol. The van der Waals surface area contributed by atoms with Crippen LogP contribution in [0.1, 0.15) is 40.0 Å². The first-order valence-electron chi connectivity index (χ1n) is 7.54. The number of hydrogen-bond acceptors (Lipinski definition) is 5. The Morgan fingerprint density at radius 2 is 2.14 bits per heavy atom. The van der Waals surface area contributed by atoms with Gasteiger partial charge in [0.05, 0.1) is 6.10 Å². The first-order chi connectivity index (χ1) is 9.85. The molecule has 8 heteroatoms. The fraction of sp³-hybridized carbons (Fsp3) is 0.923. The molecule has 1 amide bonds. The zero-order valence-electron chi connectivity index (χ0n) is 13.1. The van der Waals surface area contributed by atoms with Gasteiger partial charge in [0.1, 0.15) is 0 Å². The molecule has 0 aromatic heterocycles. The number of ether oxygens (including phenoxy) is 1. The molecule has 1 atom stereocenters. The number of nitrogens with zero attached hydrogens (tertiary/aromatic N) is 1. The van der Waals surface area contributed by atoms with Crippen molar-refractivity contribution < 1.29 is 17.9 Å². The van der Waals surface area contributed by atoms with Gasteiger partial charge < -0.3 is 10.1 Å². The minimum Gasteiger partial charge on any atom is -0.446 e. The molecule has 1 saturated heterocycles. The van der Waals surface area contributed by atoms with Crippen molar-refractivity contribution in [3.63, 3.8) is 0 Å². The Bertz CT molecular complexity index is 425. The van der Waals surface area contributed by atoms with Crippen LogP contribution < -0.4 is 10.0 Å². The lowest BCUT2D eigenvalue weighted by Crippen LogP contribution is -2.49. The molecule has 1 rings (SSSR count). The second-order valence-electron chi connectivity index (χ2n) is 5.63. The van der Waals surface area contributed by atoms with E-state index in [1.54, 1.807) is 13.8 Å². The van der Waals surface area contributed by atoms with E-state index < -0.39 is 16.3 Å². The summed E-state index contributed by atoms with van der Waals surface area (Å²) in [5.41, 5.74) is 0. The van der Waals surface area contributed by atoms with Crippen LogP contribution >= 0.6 is 0 Å². The van der Waals surface area contributed by atoms with Gasteiger partial charge in [-0.15, -0.1) is 0 Å². The predicted molar refractivity (Wildman–Crippen MR) is 81.1 cm³/mol. The van der Waals surface area contributed by atoms with Gasteiger partial charge in [0, 0.05) is 13.1 Å². The number of hydrogen-bond donors (Lipinski definition) is 2. The summed E-state index contributed by atoms with van der Waals surface area (Å²) < 4.78 is 32.4. The van der Waals surface area contributed by atoms with Crippen LogP contribution in [0.4, 0.5) is 4.79 Å². The second kappa shape index (κ2) is 8.55. The number of piperidine rings is 1. The number of rotatable bonds is 7. The molecule has 1 heterocycles. The van der Waals surface area contributed by atoms with Crippen molar-refractivity contribution in [2.45, 2.75) is 46.1 Å². The third-order valence-electron chi connectivity index (χ3n) is 3.24. The molecule has 124 valence electrons. The maximum absolute atomic E-state index is 12.1. The summed E-state index contributed by atoms with van der Waals surface area (Å²) in [6.45, 7) is 8.04. The summed E-state index contributed by atoms with van der Waals surface area (Å²) >= 11 is 0. The molecule has 1 fully saturated rings. The van der Waals surface area contributed by atoms with E-state index in [0.717, 1.165) is 32.4 Å².